The number of halogens is 1. The Balaban J connectivity index is 1.60. The predicted octanol–water partition coefficient (Wildman–Crippen LogP) is 3.21. The molecule has 3 rings (SSSR count). The molecule has 0 bridgehead atoms. The third-order valence-corrected chi connectivity index (χ3v) is 5.05. The summed E-state index contributed by atoms with van der Waals surface area (Å²) in [5, 5.41) is 0. The number of carbonyl (C=O) groups is 1. The molecule has 0 spiro atoms. The maximum atomic E-state index is 12.2. The number of fused-ring (bicyclic) bond motifs is 1. The third-order valence-electron chi connectivity index (χ3n) is 4.34. The van der Waals surface area contributed by atoms with Gasteiger partial charge in [0.25, 0.3) is 0 Å². The molecule has 1 aromatic carbocycles. The smallest absolute Gasteiger partial charge is 0.176 e. The van der Waals surface area contributed by atoms with Crippen molar-refractivity contribution in [1.82, 2.24) is 4.90 Å². The van der Waals surface area contributed by atoms with Crippen molar-refractivity contribution in [2.75, 3.05) is 19.6 Å². The molecule has 1 aromatic rings. The number of ketones is 1. The highest BCUT2D eigenvalue weighted by molar-refractivity contribution is 14.1. The first-order valence-electron chi connectivity index (χ1n) is 6.73. The number of hydrogen-bond acceptors (Lipinski definition) is 2. The van der Waals surface area contributed by atoms with E-state index >= 15 is 0 Å². The van der Waals surface area contributed by atoms with Gasteiger partial charge in [0.2, 0.25) is 0 Å². The van der Waals surface area contributed by atoms with Crippen molar-refractivity contribution in [1.29, 1.82) is 0 Å². The molecule has 2 aliphatic rings. The van der Waals surface area contributed by atoms with Crippen LogP contribution in [0.4, 0.5) is 0 Å². The molecule has 1 saturated heterocycles. The molecule has 0 amide bonds. The van der Waals surface area contributed by atoms with E-state index in [0.29, 0.717) is 6.54 Å². The van der Waals surface area contributed by atoms with E-state index in [1.54, 1.807) is 0 Å². The zero-order chi connectivity index (χ0) is 12.5. The van der Waals surface area contributed by atoms with Gasteiger partial charge in [0.1, 0.15) is 0 Å². The maximum Gasteiger partial charge on any atom is 0.176 e. The number of likely N-dealkylation sites (tertiary alicyclic amines) is 1. The standard InChI is InChI=1S/C15H18INO/c16-14-6-4-11(5-7-14)15(18)10-17-8-12-2-1-3-13(12)9-17/h4-7,12-13H,1-3,8-10H2. The fourth-order valence-corrected chi connectivity index (χ4v) is 3.75. The second-order valence-electron chi connectivity index (χ2n) is 5.58. The summed E-state index contributed by atoms with van der Waals surface area (Å²) in [4.78, 5) is 14.5. The summed E-state index contributed by atoms with van der Waals surface area (Å²) >= 11 is 2.27. The molecule has 2 unspecified atom stereocenters. The summed E-state index contributed by atoms with van der Waals surface area (Å²) < 4.78 is 1.18. The van der Waals surface area contributed by atoms with E-state index in [2.05, 4.69) is 27.5 Å². The molecular weight excluding hydrogens is 337 g/mol. The molecule has 96 valence electrons. The molecule has 3 heteroatoms. The van der Waals surface area contributed by atoms with E-state index in [-0.39, 0.29) is 5.78 Å². The van der Waals surface area contributed by atoms with Crippen LogP contribution >= 0.6 is 22.6 Å². The van der Waals surface area contributed by atoms with Crippen LogP contribution in [0.3, 0.4) is 0 Å². The summed E-state index contributed by atoms with van der Waals surface area (Å²) in [5.74, 6) is 2.01. The number of benzene rings is 1. The quantitative estimate of drug-likeness (QED) is 0.613. The van der Waals surface area contributed by atoms with Gasteiger partial charge in [0.05, 0.1) is 6.54 Å². The van der Waals surface area contributed by atoms with E-state index in [9.17, 15) is 4.79 Å². The normalized spacial score (nSPS) is 27.4. The Hall–Kier alpha value is -0.420. The number of Topliss-reactive ketones (excluding diaryl/α,β-unsaturated/α-hetero) is 1. The molecule has 18 heavy (non-hydrogen) atoms. The summed E-state index contributed by atoms with van der Waals surface area (Å²) in [5.41, 5.74) is 0.854. The molecule has 1 saturated carbocycles. The highest BCUT2D eigenvalue weighted by Gasteiger charge is 2.36. The van der Waals surface area contributed by atoms with Crippen LogP contribution in [0.1, 0.15) is 29.6 Å². The van der Waals surface area contributed by atoms with Crippen LogP contribution in [0.2, 0.25) is 0 Å². The lowest BCUT2D eigenvalue weighted by Gasteiger charge is -2.15. The van der Waals surface area contributed by atoms with Crippen LogP contribution in [0, 0.1) is 15.4 Å². The van der Waals surface area contributed by atoms with Crippen molar-refractivity contribution < 1.29 is 4.79 Å². The SMILES string of the molecule is O=C(CN1CC2CCCC2C1)c1ccc(I)cc1. The maximum absolute atomic E-state index is 12.2. The van der Waals surface area contributed by atoms with E-state index in [1.165, 1.54) is 22.8 Å². The van der Waals surface area contributed by atoms with E-state index in [1.807, 2.05) is 24.3 Å². The molecule has 1 aliphatic carbocycles. The van der Waals surface area contributed by atoms with Crippen molar-refractivity contribution in [2.45, 2.75) is 19.3 Å². The Kier molecular flexibility index (Phi) is 3.71. The topological polar surface area (TPSA) is 20.3 Å². The largest absolute Gasteiger partial charge is 0.295 e. The van der Waals surface area contributed by atoms with Gasteiger partial charge in [-0.1, -0.05) is 18.6 Å². The minimum atomic E-state index is 0.270. The lowest BCUT2D eigenvalue weighted by Crippen LogP contribution is -2.28. The second-order valence-corrected chi connectivity index (χ2v) is 6.82. The van der Waals surface area contributed by atoms with Crippen LogP contribution in [0.5, 0.6) is 0 Å². The average Bonchev–Trinajstić information content (AvgIpc) is 2.90. The Bertz CT molecular complexity index is 430. The van der Waals surface area contributed by atoms with Gasteiger partial charge in [0.15, 0.2) is 5.78 Å². The number of carbonyl (C=O) groups excluding carboxylic acids is 1. The Morgan fingerprint density at radius 3 is 2.39 bits per heavy atom. The molecular formula is C15H18INO. The highest BCUT2D eigenvalue weighted by Crippen LogP contribution is 2.37. The molecule has 2 atom stereocenters. The average molecular weight is 355 g/mol. The minimum Gasteiger partial charge on any atom is -0.295 e. The Labute approximate surface area is 122 Å². The zero-order valence-corrected chi connectivity index (χ0v) is 12.6. The number of nitrogens with zero attached hydrogens (tertiary/aromatic N) is 1. The molecule has 2 nitrogen and oxygen atoms in total. The second kappa shape index (κ2) is 5.29. The summed E-state index contributed by atoms with van der Waals surface area (Å²) in [6.07, 6.45) is 4.14. The van der Waals surface area contributed by atoms with Crippen LogP contribution < -0.4 is 0 Å². The molecule has 1 heterocycles. The number of hydrogen-bond donors (Lipinski definition) is 0. The molecule has 1 aliphatic heterocycles. The summed E-state index contributed by atoms with van der Waals surface area (Å²) in [6.45, 7) is 2.88. The van der Waals surface area contributed by atoms with Crippen molar-refractivity contribution in [3.63, 3.8) is 0 Å². The third kappa shape index (κ3) is 2.62. The van der Waals surface area contributed by atoms with Gasteiger partial charge in [0, 0.05) is 22.2 Å². The van der Waals surface area contributed by atoms with E-state index in [0.717, 1.165) is 30.5 Å². The molecule has 0 N–H and O–H groups in total. The van der Waals surface area contributed by atoms with Crippen molar-refractivity contribution in [3.05, 3.63) is 33.4 Å². The van der Waals surface area contributed by atoms with Gasteiger partial charge >= 0.3 is 0 Å². The summed E-state index contributed by atoms with van der Waals surface area (Å²) in [6, 6.07) is 7.90. The first-order valence-corrected chi connectivity index (χ1v) is 7.81. The van der Waals surface area contributed by atoms with Gasteiger partial charge in [-0.15, -0.1) is 0 Å². The van der Waals surface area contributed by atoms with Gasteiger partial charge in [-0.05, 0) is 59.4 Å². The zero-order valence-electron chi connectivity index (χ0n) is 10.4. The Morgan fingerprint density at radius 1 is 1.17 bits per heavy atom. The predicted molar refractivity (Wildman–Crippen MR) is 80.8 cm³/mol. The van der Waals surface area contributed by atoms with Crippen LogP contribution in [-0.4, -0.2) is 30.3 Å². The molecule has 0 radical (unpaired) electrons. The van der Waals surface area contributed by atoms with Gasteiger partial charge in [-0.3, -0.25) is 9.69 Å². The molecule has 0 aromatic heterocycles. The summed E-state index contributed by atoms with van der Waals surface area (Å²) in [7, 11) is 0. The monoisotopic (exact) mass is 355 g/mol. The van der Waals surface area contributed by atoms with Crippen molar-refractivity contribution in [3.8, 4) is 0 Å². The van der Waals surface area contributed by atoms with E-state index < -0.39 is 0 Å². The minimum absolute atomic E-state index is 0.270. The fourth-order valence-electron chi connectivity index (χ4n) is 3.39. The van der Waals surface area contributed by atoms with Crippen molar-refractivity contribution in [2.24, 2.45) is 11.8 Å². The van der Waals surface area contributed by atoms with Gasteiger partial charge in [-0.2, -0.15) is 0 Å². The van der Waals surface area contributed by atoms with Crippen molar-refractivity contribution >= 4 is 28.4 Å². The lowest BCUT2D eigenvalue weighted by atomic mass is 10.0. The first kappa shape index (κ1) is 12.6. The van der Waals surface area contributed by atoms with Crippen LogP contribution in [0.15, 0.2) is 24.3 Å². The van der Waals surface area contributed by atoms with Gasteiger partial charge in [-0.25, -0.2) is 0 Å². The molecule has 2 fully saturated rings. The number of rotatable bonds is 3. The lowest BCUT2D eigenvalue weighted by molar-refractivity contribution is 0.0941. The van der Waals surface area contributed by atoms with E-state index in [4.69, 9.17) is 0 Å². The van der Waals surface area contributed by atoms with Crippen LogP contribution in [0.25, 0.3) is 0 Å². The van der Waals surface area contributed by atoms with Crippen LogP contribution in [-0.2, 0) is 0 Å². The van der Waals surface area contributed by atoms with Gasteiger partial charge < -0.3 is 0 Å². The Morgan fingerprint density at radius 2 is 1.78 bits per heavy atom. The fraction of sp³-hybridized carbons (Fsp3) is 0.533. The first-order chi connectivity index (χ1) is 8.72. The highest BCUT2D eigenvalue weighted by atomic mass is 127.